The number of halogens is 1. The Morgan fingerprint density at radius 3 is 2.68 bits per heavy atom. The average Bonchev–Trinajstić information content (AvgIpc) is 2.33. The Balaban J connectivity index is 2.74. The fraction of sp³-hybridized carbons (Fsp3) is 0.500. The average molecular weight is 330 g/mol. The SMILES string of the molecule is COc1c(Br)cccc1CN[C@@H](CC(C)C)C(=O)O. The van der Waals surface area contributed by atoms with Gasteiger partial charge in [-0.15, -0.1) is 0 Å². The summed E-state index contributed by atoms with van der Waals surface area (Å²) < 4.78 is 6.18. The molecule has 0 aliphatic carbocycles. The van der Waals surface area contributed by atoms with Gasteiger partial charge in [0.25, 0.3) is 0 Å². The van der Waals surface area contributed by atoms with E-state index in [9.17, 15) is 9.90 Å². The minimum atomic E-state index is -0.817. The molecule has 0 amide bonds. The van der Waals surface area contributed by atoms with E-state index in [0.29, 0.717) is 18.9 Å². The van der Waals surface area contributed by atoms with Crippen LogP contribution in [0.15, 0.2) is 22.7 Å². The van der Waals surface area contributed by atoms with Gasteiger partial charge in [0.1, 0.15) is 11.8 Å². The summed E-state index contributed by atoms with van der Waals surface area (Å²) in [5.74, 6) is 0.254. The highest BCUT2D eigenvalue weighted by atomic mass is 79.9. The van der Waals surface area contributed by atoms with Crippen molar-refractivity contribution in [2.24, 2.45) is 5.92 Å². The third-order valence-electron chi connectivity index (χ3n) is 2.80. The van der Waals surface area contributed by atoms with Crippen molar-refractivity contribution in [3.63, 3.8) is 0 Å². The van der Waals surface area contributed by atoms with E-state index in [-0.39, 0.29) is 0 Å². The van der Waals surface area contributed by atoms with Gasteiger partial charge < -0.3 is 15.2 Å². The molecule has 0 radical (unpaired) electrons. The van der Waals surface area contributed by atoms with Crippen LogP contribution in [0.1, 0.15) is 25.8 Å². The smallest absolute Gasteiger partial charge is 0.320 e. The van der Waals surface area contributed by atoms with Crippen LogP contribution in [0.4, 0.5) is 0 Å². The molecule has 2 N–H and O–H groups in total. The fourth-order valence-electron chi connectivity index (χ4n) is 1.90. The van der Waals surface area contributed by atoms with E-state index in [0.717, 1.165) is 15.8 Å². The minimum Gasteiger partial charge on any atom is -0.495 e. The number of carbonyl (C=O) groups is 1. The lowest BCUT2D eigenvalue weighted by Crippen LogP contribution is -2.37. The molecule has 1 atom stereocenters. The lowest BCUT2D eigenvalue weighted by Gasteiger charge is -2.18. The van der Waals surface area contributed by atoms with E-state index in [1.54, 1.807) is 7.11 Å². The summed E-state index contributed by atoms with van der Waals surface area (Å²) in [5.41, 5.74) is 0.937. The Kier molecular flexibility index (Phi) is 6.31. The summed E-state index contributed by atoms with van der Waals surface area (Å²) in [6.45, 7) is 4.49. The van der Waals surface area contributed by atoms with Gasteiger partial charge in [-0.25, -0.2) is 0 Å². The van der Waals surface area contributed by atoms with Crippen LogP contribution in [-0.2, 0) is 11.3 Å². The minimum absolute atomic E-state index is 0.331. The van der Waals surface area contributed by atoms with Crippen LogP contribution in [0.3, 0.4) is 0 Å². The van der Waals surface area contributed by atoms with Gasteiger partial charge in [-0.3, -0.25) is 4.79 Å². The largest absolute Gasteiger partial charge is 0.495 e. The molecule has 0 saturated carbocycles. The van der Waals surface area contributed by atoms with Crippen molar-refractivity contribution in [2.75, 3.05) is 7.11 Å². The van der Waals surface area contributed by atoms with Gasteiger partial charge in [0.2, 0.25) is 0 Å². The van der Waals surface area contributed by atoms with Crippen LogP contribution >= 0.6 is 15.9 Å². The quantitative estimate of drug-likeness (QED) is 0.807. The number of benzene rings is 1. The van der Waals surface area contributed by atoms with Gasteiger partial charge in [-0.1, -0.05) is 26.0 Å². The molecular weight excluding hydrogens is 310 g/mol. The molecule has 0 saturated heterocycles. The number of carboxylic acids is 1. The highest BCUT2D eigenvalue weighted by Crippen LogP contribution is 2.28. The summed E-state index contributed by atoms with van der Waals surface area (Å²) >= 11 is 3.41. The number of carboxylic acid groups (broad SMARTS) is 1. The van der Waals surface area contributed by atoms with Crippen molar-refractivity contribution < 1.29 is 14.6 Å². The maximum atomic E-state index is 11.2. The fourth-order valence-corrected chi connectivity index (χ4v) is 2.47. The zero-order valence-electron chi connectivity index (χ0n) is 11.4. The highest BCUT2D eigenvalue weighted by molar-refractivity contribution is 9.10. The van der Waals surface area contributed by atoms with E-state index < -0.39 is 12.0 Å². The topological polar surface area (TPSA) is 58.6 Å². The summed E-state index contributed by atoms with van der Waals surface area (Å²) in [4.78, 5) is 11.2. The van der Waals surface area contributed by atoms with Crippen molar-refractivity contribution >= 4 is 21.9 Å². The van der Waals surface area contributed by atoms with Crippen molar-refractivity contribution in [3.05, 3.63) is 28.2 Å². The molecular formula is C14H20BrNO3. The molecule has 0 fully saturated rings. The van der Waals surface area contributed by atoms with Crippen molar-refractivity contribution in [3.8, 4) is 5.75 Å². The van der Waals surface area contributed by atoms with Gasteiger partial charge in [0.05, 0.1) is 11.6 Å². The molecule has 0 bridgehead atoms. The van der Waals surface area contributed by atoms with Crippen LogP contribution in [-0.4, -0.2) is 24.2 Å². The van der Waals surface area contributed by atoms with Crippen molar-refractivity contribution in [2.45, 2.75) is 32.9 Å². The number of aliphatic carboxylic acids is 1. The maximum Gasteiger partial charge on any atom is 0.320 e. The first-order valence-electron chi connectivity index (χ1n) is 6.23. The molecule has 0 heterocycles. The number of rotatable bonds is 7. The Labute approximate surface area is 122 Å². The Bertz CT molecular complexity index is 435. The van der Waals surface area contributed by atoms with Gasteiger partial charge in [0, 0.05) is 12.1 Å². The van der Waals surface area contributed by atoms with E-state index in [2.05, 4.69) is 21.2 Å². The number of hydrogen-bond donors (Lipinski definition) is 2. The zero-order chi connectivity index (χ0) is 14.4. The van der Waals surface area contributed by atoms with E-state index in [4.69, 9.17) is 4.74 Å². The first-order chi connectivity index (χ1) is 8.95. The Morgan fingerprint density at radius 2 is 2.16 bits per heavy atom. The number of methoxy groups -OCH3 is 1. The van der Waals surface area contributed by atoms with Crippen LogP contribution in [0, 0.1) is 5.92 Å². The highest BCUT2D eigenvalue weighted by Gasteiger charge is 2.19. The molecule has 0 spiro atoms. The second-order valence-corrected chi connectivity index (χ2v) is 5.69. The molecule has 1 aromatic carbocycles. The van der Waals surface area contributed by atoms with Crippen LogP contribution in [0.5, 0.6) is 5.75 Å². The standard InChI is InChI=1S/C14H20BrNO3/c1-9(2)7-12(14(17)18)16-8-10-5-4-6-11(15)13(10)19-3/h4-6,9,12,16H,7-8H2,1-3H3,(H,17,18)/t12-/m0/s1. The lowest BCUT2D eigenvalue weighted by atomic mass is 10.0. The van der Waals surface area contributed by atoms with E-state index in [1.165, 1.54) is 0 Å². The summed E-state index contributed by atoms with van der Waals surface area (Å²) in [6, 6.07) is 5.18. The molecule has 106 valence electrons. The van der Waals surface area contributed by atoms with Crippen molar-refractivity contribution in [1.82, 2.24) is 5.32 Å². The number of hydrogen-bond acceptors (Lipinski definition) is 3. The molecule has 4 nitrogen and oxygen atoms in total. The third-order valence-corrected chi connectivity index (χ3v) is 3.42. The van der Waals surface area contributed by atoms with Gasteiger partial charge >= 0.3 is 5.97 Å². The predicted molar refractivity (Wildman–Crippen MR) is 78.4 cm³/mol. The normalized spacial score (nSPS) is 12.5. The third kappa shape index (κ3) is 4.84. The van der Waals surface area contributed by atoms with Gasteiger partial charge in [-0.2, -0.15) is 0 Å². The monoisotopic (exact) mass is 329 g/mol. The van der Waals surface area contributed by atoms with Crippen molar-refractivity contribution in [1.29, 1.82) is 0 Å². The molecule has 5 heteroatoms. The Hall–Kier alpha value is -1.07. The summed E-state index contributed by atoms with van der Waals surface area (Å²) in [7, 11) is 1.60. The van der Waals surface area contributed by atoms with Gasteiger partial charge in [-0.05, 0) is 34.3 Å². The van der Waals surface area contributed by atoms with E-state index in [1.807, 2.05) is 32.0 Å². The predicted octanol–water partition coefficient (Wildman–Crippen LogP) is 3.05. The number of nitrogens with one attached hydrogen (secondary N) is 1. The number of para-hydroxylation sites is 1. The maximum absolute atomic E-state index is 11.2. The van der Waals surface area contributed by atoms with Gasteiger partial charge in [0.15, 0.2) is 0 Å². The molecule has 19 heavy (non-hydrogen) atoms. The molecule has 0 unspecified atom stereocenters. The van der Waals surface area contributed by atoms with E-state index >= 15 is 0 Å². The van der Waals surface area contributed by atoms with Crippen LogP contribution in [0.25, 0.3) is 0 Å². The second-order valence-electron chi connectivity index (χ2n) is 4.83. The molecule has 1 rings (SSSR count). The summed E-state index contributed by atoms with van der Waals surface area (Å²) in [6.07, 6.45) is 0.603. The second kappa shape index (κ2) is 7.50. The first-order valence-corrected chi connectivity index (χ1v) is 7.02. The first kappa shape index (κ1) is 16.0. The lowest BCUT2D eigenvalue weighted by molar-refractivity contribution is -0.140. The molecule has 0 aliphatic heterocycles. The van der Waals surface area contributed by atoms with Crippen LogP contribution < -0.4 is 10.1 Å². The number of ether oxygens (including phenoxy) is 1. The molecule has 1 aromatic rings. The zero-order valence-corrected chi connectivity index (χ0v) is 13.0. The van der Waals surface area contributed by atoms with Crippen LogP contribution in [0.2, 0.25) is 0 Å². The summed E-state index contributed by atoms with van der Waals surface area (Å²) in [5, 5.41) is 12.2. The molecule has 0 aromatic heterocycles. The molecule has 0 aliphatic rings. The Morgan fingerprint density at radius 1 is 1.47 bits per heavy atom.